The van der Waals surface area contributed by atoms with Crippen molar-refractivity contribution in [3.05, 3.63) is 33.8 Å². The highest BCUT2D eigenvalue weighted by molar-refractivity contribution is 9.10. The molecule has 0 aromatic heterocycles. The van der Waals surface area contributed by atoms with Crippen molar-refractivity contribution in [3.63, 3.8) is 0 Å². The number of carboxylic acid groups (broad SMARTS) is 1. The van der Waals surface area contributed by atoms with Crippen LogP contribution in [0.5, 0.6) is 0 Å². The monoisotopic (exact) mass is 339 g/mol. The van der Waals surface area contributed by atoms with Crippen LogP contribution in [0.4, 0.5) is 0 Å². The summed E-state index contributed by atoms with van der Waals surface area (Å²) in [5, 5.41) is 8.86. The van der Waals surface area contributed by atoms with Gasteiger partial charge in [-0.3, -0.25) is 9.69 Å². The second-order valence-corrected chi connectivity index (χ2v) is 6.49. The summed E-state index contributed by atoms with van der Waals surface area (Å²) in [6, 6.07) is 6.89. The number of likely N-dealkylation sites (tertiary alicyclic amines) is 1. The molecule has 1 aromatic carbocycles. The number of rotatable bonds is 5. The standard InChI is InChI=1S/C16H22BrNO2/c1-12-10-13(5-7-15(12)17)11-18-9-3-2-4-14(18)6-8-16(19)20/h5,7,10,14H,2-4,6,8-9,11H2,1H3,(H,19,20). The largest absolute Gasteiger partial charge is 0.481 e. The zero-order valence-corrected chi connectivity index (χ0v) is 13.5. The highest BCUT2D eigenvalue weighted by Gasteiger charge is 2.23. The molecule has 0 bridgehead atoms. The van der Waals surface area contributed by atoms with E-state index in [-0.39, 0.29) is 6.42 Å². The van der Waals surface area contributed by atoms with Crippen LogP contribution >= 0.6 is 15.9 Å². The molecular formula is C16H22BrNO2. The third kappa shape index (κ3) is 4.32. The van der Waals surface area contributed by atoms with Gasteiger partial charge in [0, 0.05) is 23.5 Å². The minimum Gasteiger partial charge on any atom is -0.481 e. The van der Waals surface area contributed by atoms with E-state index >= 15 is 0 Å². The van der Waals surface area contributed by atoms with E-state index in [1.54, 1.807) is 0 Å². The normalized spacial score (nSPS) is 20.0. The summed E-state index contributed by atoms with van der Waals surface area (Å²) < 4.78 is 1.14. The number of carbonyl (C=O) groups is 1. The molecule has 1 saturated heterocycles. The van der Waals surface area contributed by atoms with Crippen molar-refractivity contribution >= 4 is 21.9 Å². The van der Waals surface area contributed by atoms with Crippen molar-refractivity contribution in [1.29, 1.82) is 0 Å². The molecule has 0 radical (unpaired) electrons. The van der Waals surface area contributed by atoms with Crippen molar-refractivity contribution in [2.24, 2.45) is 0 Å². The molecule has 4 heteroatoms. The van der Waals surface area contributed by atoms with Crippen LogP contribution in [0, 0.1) is 6.92 Å². The van der Waals surface area contributed by atoms with Crippen LogP contribution in [0.25, 0.3) is 0 Å². The van der Waals surface area contributed by atoms with Crippen molar-refractivity contribution in [1.82, 2.24) is 4.90 Å². The Morgan fingerprint density at radius 2 is 2.25 bits per heavy atom. The topological polar surface area (TPSA) is 40.5 Å². The fraction of sp³-hybridized carbons (Fsp3) is 0.562. The molecule has 1 N–H and O–H groups in total. The fourth-order valence-corrected chi connectivity index (χ4v) is 3.17. The number of piperidine rings is 1. The van der Waals surface area contributed by atoms with Crippen molar-refractivity contribution in [3.8, 4) is 0 Å². The average molecular weight is 340 g/mol. The third-order valence-electron chi connectivity index (χ3n) is 4.05. The number of hydrogen-bond donors (Lipinski definition) is 1. The van der Waals surface area contributed by atoms with Crippen LogP contribution in [0.3, 0.4) is 0 Å². The summed E-state index contributed by atoms with van der Waals surface area (Å²) in [4.78, 5) is 13.2. The molecule has 1 fully saturated rings. The Hall–Kier alpha value is -0.870. The van der Waals surface area contributed by atoms with Crippen LogP contribution < -0.4 is 0 Å². The Bertz CT molecular complexity index is 476. The number of halogens is 1. The lowest BCUT2D eigenvalue weighted by Gasteiger charge is -2.35. The van der Waals surface area contributed by atoms with Gasteiger partial charge >= 0.3 is 5.97 Å². The van der Waals surface area contributed by atoms with Gasteiger partial charge in [-0.2, -0.15) is 0 Å². The zero-order valence-electron chi connectivity index (χ0n) is 11.9. The molecule has 2 rings (SSSR count). The minimum atomic E-state index is -0.685. The molecule has 1 aliphatic heterocycles. The van der Waals surface area contributed by atoms with Gasteiger partial charge in [-0.25, -0.2) is 0 Å². The quantitative estimate of drug-likeness (QED) is 0.882. The van der Waals surface area contributed by atoms with Gasteiger partial charge in [0.05, 0.1) is 0 Å². The fourth-order valence-electron chi connectivity index (χ4n) is 2.92. The van der Waals surface area contributed by atoms with Crippen molar-refractivity contribution in [2.75, 3.05) is 6.54 Å². The van der Waals surface area contributed by atoms with E-state index in [0.717, 1.165) is 30.4 Å². The SMILES string of the molecule is Cc1cc(CN2CCCCC2CCC(=O)O)ccc1Br. The summed E-state index contributed by atoms with van der Waals surface area (Å²) in [6.07, 6.45) is 4.62. The first kappa shape index (κ1) is 15.5. The first-order valence-electron chi connectivity index (χ1n) is 7.27. The van der Waals surface area contributed by atoms with Crippen LogP contribution in [0.2, 0.25) is 0 Å². The van der Waals surface area contributed by atoms with E-state index in [4.69, 9.17) is 5.11 Å². The summed E-state index contributed by atoms with van der Waals surface area (Å²) in [5.41, 5.74) is 2.56. The predicted molar refractivity (Wildman–Crippen MR) is 83.8 cm³/mol. The average Bonchev–Trinajstić information content (AvgIpc) is 2.42. The Morgan fingerprint density at radius 1 is 1.45 bits per heavy atom. The van der Waals surface area contributed by atoms with Gasteiger partial charge in [0.15, 0.2) is 0 Å². The second kappa shape index (κ2) is 7.23. The van der Waals surface area contributed by atoms with Gasteiger partial charge in [-0.05, 0) is 49.9 Å². The molecular weight excluding hydrogens is 318 g/mol. The Kier molecular flexibility index (Phi) is 5.61. The molecule has 0 aliphatic carbocycles. The minimum absolute atomic E-state index is 0.278. The van der Waals surface area contributed by atoms with Crippen LogP contribution in [0.15, 0.2) is 22.7 Å². The highest BCUT2D eigenvalue weighted by atomic mass is 79.9. The van der Waals surface area contributed by atoms with E-state index in [9.17, 15) is 4.79 Å². The number of carboxylic acids is 1. The van der Waals surface area contributed by atoms with Gasteiger partial charge < -0.3 is 5.11 Å². The van der Waals surface area contributed by atoms with E-state index in [0.29, 0.717) is 6.04 Å². The molecule has 3 nitrogen and oxygen atoms in total. The predicted octanol–water partition coefficient (Wildman–Crippen LogP) is 3.98. The van der Waals surface area contributed by atoms with E-state index in [1.807, 2.05) is 0 Å². The molecule has 0 spiro atoms. The molecule has 1 aliphatic rings. The molecule has 110 valence electrons. The summed E-state index contributed by atoms with van der Waals surface area (Å²) in [5.74, 6) is -0.685. The van der Waals surface area contributed by atoms with Gasteiger partial charge in [0.1, 0.15) is 0 Å². The molecule has 20 heavy (non-hydrogen) atoms. The van der Waals surface area contributed by atoms with Gasteiger partial charge in [0.25, 0.3) is 0 Å². The van der Waals surface area contributed by atoms with Crippen LogP contribution in [-0.2, 0) is 11.3 Å². The van der Waals surface area contributed by atoms with E-state index < -0.39 is 5.97 Å². The third-order valence-corrected chi connectivity index (χ3v) is 4.94. The molecule has 0 amide bonds. The smallest absolute Gasteiger partial charge is 0.303 e. The zero-order chi connectivity index (χ0) is 14.5. The summed E-state index contributed by atoms with van der Waals surface area (Å²) in [6.45, 7) is 4.11. The maximum absolute atomic E-state index is 10.8. The lowest BCUT2D eigenvalue weighted by Crippen LogP contribution is -2.39. The van der Waals surface area contributed by atoms with Gasteiger partial charge in [-0.1, -0.05) is 34.5 Å². The maximum atomic E-state index is 10.8. The van der Waals surface area contributed by atoms with Gasteiger partial charge in [0.2, 0.25) is 0 Å². The molecule has 1 aromatic rings. The molecule has 1 heterocycles. The number of aliphatic carboxylic acids is 1. The number of nitrogens with zero attached hydrogens (tertiary/aromatic N) is 1. The number of aryl methyl sites for hydroxylation is 1. The van der Waals surface area contributed by atoms with Crippen LogP contribution in [0.1, 0.15) is 43.2 Å². The van der Waals surface area contributed by atoms with Crippen LogP contribution in [-0.4, -0.2) is 28.6 Å². The lowest BCUT2D eigenvalue weighted by atomic mass is 9.97. The van der Waals surface area contributed by atoms with E-state index in [1.165, 1.54) is 24.0 Å². The van der Waals surface area contributed by atoms with Crippen molar-refractivity contribution < 1.29 is 9.90 Å². The Labute approximate surface area is 129 Å². The molecule has 1 unspecified atom stereocenters. The first-order valence-corrected chi connectivity index (χ1v) is 8.06. The number of benzene rings is 1. The first-order chi connectivity index (χ1) is 9.56. The molecule has 1 atom stereocenters. The van der Waals surface area contributed by atoms with E-state index in [2.05, 4.69) is 46.0 Å². The number of hydrogen-bond acceptors (Lipinski definition) is 2. The molecule has 0 saturated carbocycles. The Balaban J connectivity index is 2.00. The highest BCUT2D eigenvalue weighted by Crippen LogP contribution is 2.24. The lowest BCUT2D eigenvalue weighted by molar-refractivity contribution is -0.137. The van der Waals surface area contributed by atoms with Gasteiger partial charge in [-0.15, -0.1) is 0 Å². The second-order valence-electron chi connectivity index (χ2n) is 5.64. The van der Waals surface area contributed by atoms with Crippen molar-refractivity contribution in [2.45, 2.75) is 51.6 Å². The summed E-state index contributed by atoms with van der Waals surface area (Å²) >= 11 is 3.53. The maximum Gasteiger partial charge on any atom is 0.303 e. The summed E-state index contributed by atoms with van der Waals surface area (Å²) in [7, 11) is 0. The Morgan fingerprint density at radius 3 is 2.95 bits per heavy atom.